The third-order valence-corrected chi connectivity index (χ3v) is 4.48. The van der Waals surface area contributed by atoms with Crippen LogP contribution in [0.4, 0.5) is 0 Å². The molecule has 1 amide bonds. The molecular formula is C23H23NO3. The third kappa shape index (κ3) is 4.67. The lowest BCUT2D eigenvalue weighted by Crippen LogP contribution is -2.29. The van der Waals surface area contributed by atoms with Crippen LogP contribution in [0.25, 0.3) is 0 Å². The molecule has 0 aliphatic carbocycles. The lowest BCUT2D eigenvalue weighted by molar-refractivity contribution is 0.0951. The standard InChI is InChI=1S/C23H23NO3/c1-26-20-13-19(14-21(15-20)27-2)23(25)24-16-22(17-9-5-3-6-10-17)18-11-7-4-8-12-18/h3-15,22H,16H2,1-2H3,(H,24,25). The van der Waals surface area contributed by atoms with E-state index in [9.17, 15) is 4.79 Å². The quantitative estimate of drug-likeness (QED) is 0.684. The molecule has 0 radical (unpaired) electrons. The highest BCUT2D eigenvalue weighted by molar-refractivity contribution is 5.95. The molecule has 0 saturated heterocycles. The topological polar surface area (TPSA) is 47.6 Å². The number of hydrogen-bond acceptors (Lipinski definition) is 3. The Labute approximate surface area is 159 Å². The Hall–Kier alpha value is -3.27. The molecule has 3 aromatic rings. The molecule has 3 aromatic carbocycles. The van der Waals surface area contributed by atoms with Gasteiger partial charge < -0.3 is 14.8 Å². The fourth-order valence-electron chi connectivity index (χ4n) is 3.03. The van der Waals surface area contributed by atoms with E-state index in [-0.39, 0.29) is 11.8 Å². The summed E-state index contributed by atoms with van der Waals surface area (Å²) >= 11 is 0. The van der Waals surface area contributed by atoms with E-state index in [2.05, 4.69) is 29.6 Å². The molecule has 0 aliphatic heterocycles. The van der Waals surface area contributed by atoms with Crippen LogP contribution in [0.3, 0.4) is 0 Å². The number of nitrogens with one attached hydrogen (secondary N) is 1. The van der Waals surface area contributed by atoms with Gasteiger partial charge in [-0.25, -0.2) is 0 Å². The van der Waals surface area contributed by atoms with Gasteiger partial charge in [-0.3, -0.25) is 4.79 Å². The van der Waals surface area contributed by atoms with Gasteiger partial charge in [0.15, 0.2) is 0 Å². The first-order valence-electron chi connectivity index (χ1n) is 8.82. The second-order valence-electron chi connectivity index (χ2n) is 6.19. The van der Waals surface area contributed by atoms with Crippen molar-refractivity contribution in [2.45, 2.75) is 5.92 Å². The van der Waals surface area contributed by atoms with Gasteiger partial charge in [-0.15, -0.1) is 0 Å². The maximum absolute atomic E-state index is 12.7. The third-order valence-electron chi connectivity index (χ3n) is 4.48. The van der Waals surface area contributed by atoms with Crippen molar-refractivity contribution in [3.05, 3.63) is 95.6 Å². The predicted octanol–water partition coefficient (Wildman–Crippen LogP) is 4.27. The SMILES string of the molecule is COc1cc(OC)cc(C(=O)NCC(c2ccccc2)c2ccccc2)c1. The number of rotatable bonds is 7. The van der Waals surface area contributed by atoms with E-state index >= 15 is 0 Å². The van der Waals surface area contributed by atoms with Crippen LogP contribution in [-0.4, -0.2) is 26.7 Å². The van der Waals surface area contributed by atoms with E-state index in [0.717, 1.165) is 11.1 Å². The van der Waals surface area contributed by atoms with E-state index in [0.29, 0.717) is 23.6 Å². The molecule has 138 valence electrons. The number of ether oxygens (including phenoxy) is 2. The van der Waals surface area contributed by atoms with Gasteiger partial charge in [0.2, 0.25) is 0 Å². The van der Waals surface area contributed by atoms with Gasteiger partial charge in [0.05, 0.1) is 14.2 Å². The summed E-state index contributed by atoms with van der Waals surface area (Å²) in [5.74, 6) is 1.08. The summed E-state index contributed by atoms with van der Waals surface area (Å²) in [7, 11) is 3.13. The second-order valence-corrected chi connectivity index (χ2v) is 6.19. The van der Waals surface area contributed by atoms with Gasteiger partial charge in [0.25, 0.3) is 5.91 Å². The Balaban J connectivity index is 1.81. The van der Waals surface area contributed by atoms with Crippen LogP contribution in [0, 0.1) is 0 Å². The Bertz CT molecular complexity index is 817. The number of amides is 1. The summed E-state index contributed by atoms with van der Waals surface area (Å²) < 4.78 is 10.5. The van der Waals surface area contributed by atoms with E-state index in [1.165, 1.54) is 0 Å². The normalized spacial score (nSPS) is 10.5. The van der Waals surface area contributed by atoms with Crippen molar-refractivity contribution < 1.29 is 14.3 Å². The first-order valence-corrected chi connectivity index (χ1v) is 8.82. The van der Waals surface area contributed by atoms with Gasteiger partial charge in [0, 0.05) is 24.1 Å². The predicted molar refractivity (Wildman–Crippen MR) is 107 cm³/mol. The van der Waals surface area contributed by atoms with Crippen LogP contribution < -0.4 is 14.8 Å². The second kappa shape index (κ2) is 8.90. The maximum atomic E-state index is 12.7. The van der Waals surface area contributed by atoms with Crippen LogP contribution >= 0.6 is 0 Å². The van der Waals surface area contributed by atoms with Crippen molar-refractivity contribution in [1.29, 1.82) is 0 Å². The minimum absolute atomic E-state index is 0.0730. The largest absolute Gasteiger partial charge is 0.497 e. The van der Waals surface area contributed by atoms with Crippen molar-refractivity contribution in [1.82, 2.24) is 5.32 Å². The van der Waals surface area contributed by atoms with E-state index in [4.69, 9.17) is 9.47 Å². The molecule has 3 rings (SSSR count). The Morgan fingerprint density at radius 2 is 1.30 bits per heavy atom. The molecule has 27 heavy (non-hydrogen) atoms. The zero-order chi connectivity index (χ0) is 19.1. The highest BCUT2D eigenvalue weighted by Crippen LogP contribution is 2.25. The molecular weight excluding hydrogens is 338 g/mol. The van der Waals surface area contributed by atoms with Crippen LogP contribution in [-0.2, 0) is 0 Å². The van der Waals surface area contributed by atoms with Gasteiger partial charge in [-0.05, 0) is 23.3 Å². The summed E-state index contributed by atoms with van der Waals surface area (Å²) in [6.45, 7) is 0.492. The van der Waals surface area contributed by atoms with Crippen molar-refractivity contribution in [3.8, 4) is 11.5 Å². The average Bonchev–Trinajstić information content (AvgIpc) is 2.74. The highest BCUT2D eigenvalue weighted by Gasteiger charge is 2.16. The molecule has 0 saturated carbocycles. The first-order chi connectivity index (χ1) is 13.2. The summed E-state index contributed by atoms with van der Waals surface area (Å²) in [6, 6.07) is 25.5. The van der Waals surface area contributed by atoms with E-state index < -0.39 is 0 Å². The summed E-state index contributed by atoms with van der Waals surface area (Å²) in [6.07, 6.45) is 0. The van der Waals surface area contributed by atoms with Crippen LogP contribution in [0.15, 0.2) is 78.9 Å². The monoisotopic (exact) mass is 361 g/mol. The number of methoxy groups -OCH3 is 2. The molecule has 0 heterocycles. The lowest BCUT2D eigenvalue weighted by Gasteiger charge is -2.19. The molecule has 0 atom stereocenters. The van der Waals surface area contributed by atoms with Crippen molar-refractivity contribution >= 4 is 5.91 Å². The summed E-state index contributed by atoms with van der Waals surface area (Å²) in [4.78, 5) is 12.7. The van der Waals surface area contributed by atoms with E-state index in [1.54, 1.807) is 32.4 Å². The average molecular weight is 361 g/mol. The molecule has 0 fully saturated rings. The van der Waals surface area contributed by atoms with Gasteiger partial charge in [-0.2, -0.15) is 0 Å². The fraction of sp³-hybridized carbons (Fsp3) is 0.174. The zero-order valence-corrected chi connectivity index (χ0v) is 15.5. The van der Waals surface area contributed by atoms with E-state index in [1.807, 2.05) is 36.4 Å². The molecule has 0 unspecified atom stereocenters. The minimum atomic E-state index is -0.163. The smallest absolute Gasteiger partial charge is 0.251 e. The fourth-order valence-corrected chi connectivity index (χ4v) is 3.03. The summed E-state index contributed by atoms with van der Waals surface area (Å²) in [5, 5.41) is 3.05. The van der Waals surface area contributed by atoms with Crippen molar-refractivity contribution in [3.63, 3.8) is 0 Å². The van der Waals surface area contributed by atoms with Crippen LogP contribution in [0.2, 0.25) is 0 Å². The van der Waals surface area contributed by atoms with Crippen LogP contribution in [0.5, 0.6) is 11.5 Å². The summed E-state index contributed by atoms with van der Waals surface area (Å²) in [5.41, 5.74) is 2.82. The van der Waals surface area contributed by atoms with Gasteiger partial charge in [0.1, 0.15) is 11.5 Å². The molecule has 4 heteroatoms. The van der Waals surface area contributed by atoms with Gasteiger partial charge >= 0.3 is 0 Å². The molecule has 1 N–H and O–H groups in total. The maximum Gasteiger partial charge on any atom is 0.251 e. The number of hydrogen-bond donors (Lipinski definition) is 1. The van der Waals surface area contributed by atoms with Crippen LogP contribution in [0.1, 0.15) is 27.4 Å². The minimum Gasteiger partial charge on any atom is -0.497 e. The molecule has 0 aliphatic rings. The molecule has 4 nitrogen and oxygen atoms in total. The first kappa shape index (κ1) is 18.5. The molecule has 0 bridgehead atoms. The Morgan fingerprint density at radius 3 is 1.74 bits per heavy atom. The number of benzene rings is 3. The molecule has 0 aromatic heterocycles. The number of carbonyl (C=O) groups excluding carboxylic acids is 1. The Kier molecular flexibility index (Phi) is 6.10. The highest BCUT2D eigenvalue weighted by atomic mass is 16.5. The lowest BCUT2D eigenvalue weighted by atomic mass is 9.91. The zero-order valence-electron chi connectivity index (χ0n) is 15.5. The molecule has 0 spiro atoms. The number of carbonyl (C=O) groups is 1. The van der Waals surface area contributed by atoms with Crippen molar-refractivity contribution in [2.24, 2.45) is 0 Å². The van der Waals surface area contributed by atoms with Crippen molar-refractivity contribution in [2.75, 3.05) is 20.8 Å². The van der Waals surface area contributed by atoms with Gasteiger partial charge in [-0.1, -0.05) is 60.7 Å². The Morgan fingerprint density at radius 1 is 0.815 bits per heavy atom.